The first kappa shape index (κ1) is 20.1. The van der Waals surface area contributed by atoms with Crippen molar-refractivity contribution >= 4 is 45.0 Å². The summed E-state index contributed by atoms with van der Waals surface area (Å²) in [5.74, 6) is 1.71. The lowest BCUT2D eigenvalue weighted by molar-refractivity contribution is 0.0736. The predicted octanol–water partition coefficient (Wildman–Crippen LogP) is 4.63. The number of carbonyl (C=O) groups is 1. The van der Waals surface area contributed by atoms with E-state index >= 15 is 0 Å². The smallest absolute Gasteiger partial charge is 0.254 e. The maximum atomic E-state index is 12.9. The van der Waals surface area contributed by atoms with Gasteiger partial charge in [0.15, 0.2) is 16.8 Å². The number of anilines is 3. The van der Waals surface area contributed by atoms with Gasteiger partial charge in [-0.2, -0.15) is 0 Å². The van der Waals surface area contributed by atoms with E-state index in [0.29, 0.717) is 13.1 Å². The second kappa shape index (κ2) is 8.44. The van der Waals surface area contributed by atoms with Crippen LogP contribution in [0, 0.1) is 0 Å². The largest absolute Gasteiger partial charge is 0.354 e. The molecule has 2 aliphatic rings. The fourth-order valence-electron chi connectivity index (χ4n) is 4.51. The second-order valence-corrected chi connectivity index (χ2v) is 9.52. The van der Waals surface area contributed by atoms with Crippen LogP contribution in [0.15, 0.2) is 54.6 Å². The normalized spacial score (nSPS) is 15.6. The van der Waals surface area contributed by atoms with Gasteiger partial charge < -0.3 is 15.1 Å². The minimum absolute atomic E-state index is 0.0703. The summed E-state index contributed by atoms with van der Waals surface area (Å²) in [4.78, 5) is 32.9. The molecule has 7 nitrogen and oxygen atoms in total. The molecule has 1 amide bonds. The monoisotopic (exact) mass is 456 g/mol. The van der Waals surface area contributed by atoms with E-state index in [1.165, 1.54) is 12.8 Å². The minimum atomic E-state index is 0.0703. The Bertz CT molecular complexity index is 1320. The van der Waals surface area contributed by atoms with Gasteiger partial charge in [-0.05, 0) is 37.1 Å². The number of nitrogens with one attached hydrogen (secondary N) is 1. The maximum absolute atomic E-state index is 12.9. The Balaban J connectivity index is 1.28. The highest BCUT2D eigenvalue weighted by Gasteiger charge is 2.26. The van der Waals surface area contributed by atoms with Crippen LogP contribution in [0.4, 0.5) is 16.8 Å². The van der Waals surface area contributed by atoms with Crippen LogP contribution in [0.1, 0.15) is 33.8 Å². The van der Waals surface area contributed by atoms with Crippen molar-refractivity contribution in [2.45, 2.75) is 25.8 Å². The summed E-state index contributed by atoms with van der Waals surface area (Å²) >= 11 is 1.60. The molecule has 0 radical (unpaired) electrons. The molecule has 8 heteroatoms. The fourth-order valence-corrected chi connectivity index (χ4v) is 5.53. The first-order chi connectivity index (χ1) is 16.2. The standard InChI is InChI=1S/C25H24N6OS/c32-24(17-8-2-1-3-9-17)31-15-12-20-21(16-31)33-25(28-20)29-22-23(30-13-6-7-14-30)27-19-11-5-4-10-18(19)26-22/h1-5,8-11H,6-7,12-16H2,(H,26,28,29). The molecule has 1 N–H and O–H groups in total. The van der Waals surface area contributed by atoms with Gasteiger partial charge in [-0.15, -0.1) is 0 Å². The average molecular weight is 457 g/mol. The van der Waals surface area contributed by atoms with Gasteiger partial charge in [-0.3, -0.25) is 4.79 Å². The molecule has 1 fully saturated rings. The molecule has 6 rings (SSSR count). The first-order valence-corrected chi connectivity index (χ1v) is 12.2. The van der Waals surface area contributed by atoms with Gasteiger partial charge in [0.1, 0.15) is 0 Å². The van der Waals surface area contributed by atoms with Gasteiger partial charge >= 0.3 is 0 Å². The molecule has 33 heavy (non-hydrogen) atoms. The lowest BCUT2D eigenvalue weighted by atomic mass is 10.1. The van der Waals surface area contributed by atoms with Crippen molar-refractivity contribution in [2.24, 2.45) is 0 Å². The number of rotatable bonds is 4. The van der Waals surface area contributed by atoms with E-state index in [0.717, 1.165) is 63.4 Å². The highest BCUT2D eigenvalue weighted by atomic mass is 32.1. The molecule has 0 unspecified atom stereocenters. The molecule has 0 bridgehead atoms. The Labute approximate surface area is 196 Å². The second-order valence-electron chi connectivity index (χ2n) is 8.44. The first-order valence-electron chi connectivity index (χ1n) is 11.4. The van der Waals surface area contributed by atoms with E-state index in [-0.39, 0.29) is 5.91 Å². The summed E-state index contributed by atoms with van der Waals surface area (Å²) in [6.45, 7) is 3.25. The summed E-state index contributed by atoms with van der Waals surface area (Å²) in [5, 5.41) is 4.27. The number of benzene rings is 2. The van der Waals surface area contributed by atoms with E-state index < -0.39 is 0 Å². The van der Waals surface area contributed by atoms with Gasteiger partial charge in [-0.1, -0.05) is 41.7 Å². The maximum Gasteiger partial charge on any atom is 0.254 e. The molecular formula is C25H24N6OS. The number of para-hydroxylation sites is 2. The van der Waals surface area contributed by atoms with Gasteiger partial charge in [0.05, 0.1) is 23.3 Å². The SMILES string of the molecule is O=C(c1ccccc1)N1CCc2nc(Nc3nc4ccccc4nc3N3CCCC3)sc2C1. The van der Waals surface area contributed by atoms with Crippen LogP contribution in [0.25, 0.3) is 11.0 Å². The number of carbonyl (C=O) groups excluding carboxylic acids is 1. The summed E-state index contributed by atoms with van der Waals surface area (Å²) in [5.41, 5.74) is 3.56. The molecule has 0 atom stereocenters. The quantitative estimate of drug-likeness (QED) is 0.483. The van der Waals surface area contributed by atoms with Crippen LogP contribution < -0.4 is 10.2 Å². The number of amides is 1. The van der Waals surface area contributed by atoms with Gasteiger partial charge in [0.25, 0.3) is 5.91 Å². The third-order valence-electron chi connectivity index (χ3n) is 6.22. The predicted molar refractivity (Wildman–Crippen MR) is 131 cm³/mol. The van der Waals surface area contributed by atoms with Crippen molar-refractivity contribution in [3.8, 4) is 0 Å². The molecule has 2 aromatic heterocycles. The lowest BCUT2D eigenvalue weighted by Gasteiger charge is -2.26. The third kappa shape index (κ3) is 3.91. The Morgan fingerprint density at radius 2 is 1.61 bits per heavy atom. The summed E-state index contributed by atoms with van der Waals surface area (Å²) in [6, 6.07) is 17.4. The topological polar surface area (TPSA) is 74.2 Å². The Kier molecular flexibility index (Phi) is 5.14. The van der Waals surface area contributed by atoms with Crippen LogP contribution in [0.5, 0.6) is 0 Å². The van der Waals surface area contributed by atoms with Gasteiger partial charge in [-0.25, -0.2) is 15.0 Å². The number of fused-ring (bicyclic) bond motifs is 2. The highest BCUT2D eigenvalue weighted by molar-refractivity contribution is 7.15. The van der Waals surface area contributed by atoms with E-state index in [9.17, 15) is 4.79 Å². The molecule has 0 saturated carbocycles. The Morgan fingerprint density at radius 1 is 0.879 bits per heavy atom. The van der Waals surface area contributed by atoms with Crippen molar-refractivity contribution in [1.82, 2.24) is 19.9 Å². The van der Waals surface area contributed by atoms with Crippen LogP contribution in [0.3, 0.4) is 0 Å². The van der Waals surface area contributed by atoms with Crippen molar-refractivity contribution in [3.63, 3.8) is 0 Å². The molecule has 2 aromatic carbocycles. The zero-order valence-electron chi connectivity index (χ0n) is 18.2. The van der Waals surface area contributed by atoms with Crippen LogP contribution in [-0.4, -0.2) is 45.4 Å². The zero-order chi connectivity index (χ0) is 22.2. The Morgan fingerprint density at radius 3 is 2.39 bits per heavy atom. The van der Waals surface area contributed by atoms with E-state index in [1.54, 1.807) is 11.3 Å². The number of aromatic nitrogens is 3. The fraction of sp³-hybridized carbons (Fsp3) is 0.280. The van der Waals surface area contributed by atoms with Crippen molar-refractivity contribution < 1.29 is 4.79 Å². The summed E-state index contributed by atoms with van der Waals surface area (Å²) in [7, 11) is 0. The van der Waals surface area contributed by atoms with Crippen molar-refractivity contribution in [2.75, 3.05) is 29.9 Å². The average Bonchev–Trinajstić information content (AvgIpc) is 3.53. The van der Waals surface area contributed by atoms with E-state index in [2.05, 4.69) is 10.2 Å². The molecule has 1 saturated heterocycles. The van der Waals surface area contributed by atoms with E-state index in [4.69, 9.17) is 15.0 Å². The Hall–Kier alpha value is -3.52. The van der Waals surface area contributed by atoms with Crippen LogP contribution in [-0.2, 0) is 13.0 Å². The van der Waals surface area contributed by atoms with Crippen molar-refractivity contribution in [1.29, 1.82) is 0 Å². The van der Waals surface area contributed by atoms with Crippen molar-refractivity contribution in [3.05, 3.63) is 70.7 Å². The van der Waals surface area contributed by atoms with E-state index in [1.807, 2.05) is 59.5 Å². The van der Waals surface area contributed by atoms with Gasteiger partial charge in [0, 0.05) is 36.5 Å². The van der Waals surface area contributed by atoms with Crippen LogP contribution in [0.2, 0.25) is 0 Å². The van der Waals surface area contributed by atoms with Gasteiger partial charge in [0.2, 0.25) is 0 Å². The third-order valence-corrected chi connectivity index (χ3v) is 7.22. The zero-order valence-corrected chi connectivity index (χ0v) is 19.0. The molecule has 0 aliphatic carbocycles. The minimum Gasteiger partial charge on any atom is -0.354 e. The highest BCUT2D eigenvalue weighted by Crippen LogP contribution is 2.34. The molecule has 0 spiro atoms. The molecule has 4 aromatic rings. The van der Waals surface area contributed by atoms with Crippen LogP contribution >= 0.6 is 11.3 Å². The summed E-state index contributed by atoms with van der Waals surface area (Å²) in [6.07, 6.45) is 3.10. The molecule has 2 aliphatic heterocycles. The molecule has 166 valence electrons. The number of hydrogen-bond donors (Lipinski definition) is 1. The molecule has 4 heterocycles. The number of hydrogen-bond acceptors (Lipinski definition) is 7. The number of nitrogens with zero attached hydrogens (tertiary/aromatic N) is 5. The lowest BCUT2D eigenvalue weighted by Crippen LogP contribution is -2.35. The molecular weight excluding hydrogens is 432 g/mol. The number of thiazole rings is 1. The summed E-state index contributed by atoms with van der Waals surface area (Å²) < 4.78 is 0.